The van der Waals surface area contributed by atoms with Crippen LogP contribution >= 0.6 is 0 Å². The second-order valence-electron chi connectivity index (χ2n) is 5.08. The lowest BCUT2D eigenvalue weighted by Crippen LogP contribution is -2.20. The van der Waals surface area contributed by atoms with Crippen molar-refractivity contribution in [1.29, 1.82) is 0 Å². The Morgan fingerprint density at radius 2 is 1.89 bits per heavy atom. The lowest BCUT2D eigenvalue weighted by molar-refractivity contribution is 0.149. The summed E-state index contributed by atoms with van der Waals surface area (Å²) >= 11 is 0. The van der Waals surface area contributed by atoms with E-state index in [9.17, 15) is 0 Å². The van der Waals surface area contributed by atoms with Gasteiger partial charge < -0.3 is 15.2 Å². The first-order chi connectivity index (χ1) is 8.70. The number of benzene rings is 1. The summed E-state index contributed by atoms with van der Waals surface area (Å²) in [5.74, 6) is 1.63. The highest BCUT2D eigenvalue weighted by Crippen LogP contribution is 2.32. The summed E-state index contributed by atoms with van der Waals surface area (Å²) in [4.78, 5) is 0. The van der Waals surface area contributed by atoms with E-state index in [1.807, 2.05) is 25.1 Å². The number of methoxy groups -OCH3 is 1. The monoisotopic (exact) mass is 249 g/mol. The first-order valence-corrected chi connectivity index (χ1v) is 6.81. The fraction of sp³-hybridized carbons (Fsp3) is 0.600. The third kappa shape index (κ3) is 3.16. The molecule has 18 heavy (non-hydrogen) atoms. The van der Waals surface area contributed by atoms with Crippen LogP contribution in [0.2, 0.25) is 0 Å². The minimum absolute atomic E-state index is 0.0163. The van der Waals surface area contributed by atoms with Gasteiger partial charge in [0, 0.05) is 6.04 Å². The molecule has 0 aliphatic heterocycles. The summed E-state index contributed by atoms with van der Waals surface area (Å²) in [5, 5.41) is 0. The third-order valence-corrected chi connectivity index (χ3v) is 3.56. The van der Waals surface area contributed by atoms with E-state index >= 15 is 0 Å². The van der Waals surface area contributed by atoms with Crippen molar-refractivity contribution in [3.05, 3.63) is 23.8 Å². The maximum atomic E-state index is 6.05. The SMILES string of the molecule is COc1cc([C@H](C)N)ccc1OC1CCCCC1. The Hall–Kier alpha value is -1.22. The Kier molecular flexibility index (Phi) is 4.48. The van der Waals surface area contributed by atoms with Crippen molar-refractivity contribution in [3.63, 3.8) is 0 Å². The van der Waals surface area contributed by atoms with Crippen molar-refractivity contribution in [2.75, 3.05) is 7.11 Å². The van der Waals surface area contributed by atoms with Crippen LogP contribution < -0.4 is 15.2 Å². The largest absolute Gasteiger partial charge is 0.493 e. The van der Waals surface area contributed by atoms with Gasteiger partial charge in [0.05, 0.1) is 13.2 Å². The molecule has 0 unspecified atom stereocenters. The zero-order valence-electron chi connectivity index (χ0n) is 11.3. The van der Waals surface area contributed by atoms with Gasteiger partial charge in [-0.05, 0) is 50.3 Å². The number of hydrogen-bond acceptors (Lipinski definition) is 3. The molecule has 0 heterocycles. The molecular formula is C15H23NO2. The van der Waals surface area contributed by atoms with Gasteiger partial charge in [-0.1, -0.05) is 12.5 Å². The second kappa shape index (κ2) is 6.10. The van der Waals surface area contributed by atoms with Crippen molar-refractivity contribution in [2.24, 2.45) is 5.73 Å². The van der Waals surface area contributed by atoms with Crippen molar-refractivity contribution >= 4 is 0 Å². The number of ether oxygens (including phenoxy) is 2. The summed E-state index contributed by atoms with van der Waals surface area (Å²) in [6.45, 7) is 1.97. The van der Waals surface area contributed by atoms with Crippen LogP contribution in [0.3, 0.4) is 0 Å². The Balaban J connectivity index is 2.11. The fourth-order valence-corrected chi connectivity index (χ4v) is 2.43. The predicted molar refractivity (Wildman–Crippen MR) is 73.1 cm³/mol. The molecule has 1 aliphatic carbocycles. The Morgan fingerprint density at radius 3 is 2.50 bits per heavy atom. The zero-order valence-corrected chi connectivity index (χ0v) is 11.3. The molecule has 0 aromatic heterocycles. The van der Waals surface area contributed by atoms with E-state index < -0.39 is 0 Å². The van der Waals surface area contributed by atoms with E-state index in [0.717, 1.165) is 29.9 Å². The van der Waals surface area contributed by atoms with Crippen LogP contribution in [0.25, 0.3) is 0 Å². The Morgan fingerprint density at radius 1 is 1.17 bits per heavy atom. The van der Waals surface area contributed by atoms with Crippen LogP contribution in [-0.4, -0.2) is 13.2 Å². The van der Waals surface area contributed by atoms with E-state index in [-0.39, 0.29) is 6.04 Å². The molecular weight excluding hydrogens is 226 g/mol. The van der Waals surface area contributed by atoms with Crippen molar-refractivity contribution in [1.82, 2.24) is 0 Å². The maximum absolute atomic E-state index is 6.05. The summed E-state index contributed by atoms with van der Waals surface area (Å²) in [7, 11) is 1.67. The standard InChI is InChI=1S/C15H23NO2/c1-11(16)12-8-9-14(15(10-12)17-2)18-13-6-4-3-5-7-13/h8-11,13H,3-7,16H2,1-2H3/t11-/m0/s1. The highest BCUT2D eigenvalue weighted by Gasteiger charge is 2.17. The predicted octanol–water partition coefficient (Wildman–Crippen LogP) is 3.43. The molecule has 1 aliphatic rings. The molecule has 3 heteroatoms. The highest BCUT2D eigenvalue weighted by atomic mass is 16.5. The number of rotatable bonds is 4. The molecule has 1 saturated carbocycles. The average molecular weight is 249 g/mol. The van der Waals surface area contributed by atoms with Crippen LogP contribution in [0.15, 0.2) is 18.2 Å². The average Bonchev–Trinajstić information content (AvgIpc) is 2.40. The molecule has 100 valence electrons. The third-order valence-electron chi connectivity index (χ3n) is 3.56. The zero-order chi connectivity index (χ0) is 13.0. The van der Waals surface area contributed by atoms with Gasteiger partial charge in [0.1, 0.15) is 0 Å². The van der Waals surface area contributed by atoms with Gasteiger partial charge in [-0.25, -0.2) is 0 Å². The molecule has 2 rings (SSSR count). The van der Waals surface area contributed by atoms with Gasteiger partial charge >= 0.3 is 0 Å². The summed E-state index contributed by atoms with van der Waals surface area (Å²) in [6.07, 6.45) is 6.51. The smallest absolute Gasteiger partial charge is 0.161 e. The normalized spacial score (nSPS) is 18.4. The van der Waals surface area contributed by atoms with Crippen LogP contribution in [0.1, 0.15) is 50.6 Å². The number of nitrogens with two attached hydrogens (primary N) is 1. The van der Waals surface area contributed by atoms with E-state index in [2.05, 4.69) is 0 Å². The van der Waals surface area contributed by atoms with E-state index in [4.69, 9.17) is 15.2 Å². The van der Waals surface area contributed by atoms with Gasteiger partial charge in [0.2, 0.25) is 0 Å². The maximum Gasteiger partial charge on any atom is 0.161 e. The first-order valence-electron chi connectivity index (χ1n) is 6.81. The quantitative estimate of drug-likeness (QED) is 0.889. The molecule has 3 nitrogen and oxygen atoms in total. The topological polar surface area (TPSA) is 44.5 Å². The first kappa shape index (κ1) is 13.2. The summed E-state index contributed by atoms with van der Waals surface area (Å²) in [5.41, 5.74) is 6.95. The second-order valence-corrected chi connectivity index (χ2v) is 5.08. The minimum atomic E-state index is 0.0163. The Labute approximate surface area is 109 Å². The van der Waals surface area contributed by atoms with E-state index in [0.29, 0.717) is 6.10 Å². The molecule has 0 amide bonds. The van der Waals surface area contributed by atoms with Crippen molar-refractivity contribution in [3.8, 4) is 11.5 Å². The summed E-state index contributed by atoms with van der Waals surface area (Å²) in [6, 6.07) is 5.99. The van der Waals surface area contributed by atoms with Gasteiger partial charge in [0.15, 0.2) is 11.5 Å². The van der Waals surface area contributed by atoms with Gasteiger partial charge in [0.25, 0.3) is 0 Å². The van der Waals surface area contributed by atoms with Gasteiger partial charge in [-0.2, -0.15) is 0 Å². The molecule has 1 atom stereocenters. The van der Waals surface area contributed by atoms with E-state index in [1.165, 1.54) is 19.3 Å². The highest BCUT2D eigenvalue weighted by molar-refractivity contribution is 5.43. The lowest BCUT2D eigenvalue weighted by Gasteiger charge is -2.24. The van der Waals surface area contributed by atoms with Crippen LogP contribution in [0.5, 0.6) is 11.5 Å². The van der Waals surface area contributed by atoms with E-state index in [1.54, 1.807) is 7.11 Å². The van der Waals surface area contributed by atoms with Crippen molar-refractivity contribution < 1.29 is 9.47 Å². The molecule has 2 N–H and O–H groups in total. The molecule has 1 aromatic carbocycles. The fourth-order valence-electron chi connectivity index (χ4n) is 2.43. The summed E-state index contributed by atoms with van der Waals surface area (Å²) < 4.78 is 11.4. The molecule has 1 fully saturated rings. The molecule has 0 radical (unpaired) electrons. The molecule has 0 bridgehead atoms. The van der Waals surface area contributed by atoms with Gasteiger partial charge in [-0.15, -0.1) is 0 Å². The van der Waals surface area contributed by atoms with Crippen LogP contribution in [0, 0.1) is 0 Å². The van der Waals surface area contributed by atoms with Crippen LogP contribution in [-0.2, 0) is 0 Å². The molecule has 0 saturated heterocycles. The lowest BCUT2D eigenvalue weighted by atomic mass is 9.98. The molecule has 0 spiro atoms. The minimum Gasteiger partial charge on any atom is -0.493 e. The van der Waals surface area contributed by atoms with Crippen LogP contribution in [0.4, 0.5) is 0 Å². The Bertz CT molecular complexity index is 384. The molecule has 1 aromatic rings. The van der Waals surface area contributed by atoms with Crippen molar-refractivity contribution in [2.45, 2.75) is 51.2 Å². The van der Waals surface area contributed by atoms with Gasteiger partial charge in [-0.3, -0.25) is 0 Å². The number of hydrogen-bond donors (Lipinski definition) is 1.